The molecule has 7 rings (SSSR count). The van der Waals surface area contributed by atoms with Gasteiger partial charge in [-0.05, 0) is 152 Å². The van der Waals surface area contributed by atoms with Crippen LogP contribution in [0.2, 0.25) is 0 Å². The molecule has 1 unspecified atom stereocenters. The molecule has 0 amide bonds. The Morgan fingerprint density at radius 2 is 0.736 bits per heavy atom. The molecule has 3 heteroatoms. The van der Waals surface area contributed by atoms with E-state index in [1.165, 1.54) is 104 Å². The number of benzene rings is 6. The van der Waals surface area contributed by atoms with Crippen LogP contribution in [0.4, 0.5) is 0 Å². The lowest BCUT2D eigenvalue weighted by atomic mass is 9.76. The summed E-state index contributed by atoms with van der Waals surface area (Å²) in [5.74, 6) is 2.07. The predicted molar refractivity (Wildman–Crippen MR) is 235 cm³/mol. The molecule has 0 fully saturated rings. The zero-order valence-corrected chi connectivity index (χ0v) is 35.8. The molecular weight excluding hydrogens is 678 g/mol. The molecule has 1 aliphatic rings. The summed E-state index contributed by atoms with van der Waals surface area (Å²) >= 11 is 0. The summed E-state index contributed by atoms with van der Waals surface area (Å²) in [6, 6.07) is 35.1. The van der Waals surface area contributed by atoms with E-state index in [4.69, 9.17) is 4.74 Å². The maximum absolute atomic E-state index is 7.63. The molecule has 1 heterocycles. The number of para-hydroxylation sites is 2. The fraction of sp³-hybridized carbons (Fsp3) is 0.280. The SMILES string of the molecule is Cc1ccc(P(c2cccc3c2Oc2c(P(c4c(C)cc(C)cc4C)c4c(C)cc(C)cc4C)cccc2C3(C)C)c2c(C)cc(C)cc2C)c(C)c1. The second-order valence-electron chi connectivity index (χ2n) is 16.2. The summed E-state index contributed by atoms with van der Waals surface area (Å²) in [5.41, 5.74) is 16.9. The lowest BCUT2D eigenvalue weighted by Crippen LogP contribution is -2.34. The van der Waals surface area contributed by atoms with E-state index in [1.54, 1.807) is 0 Å². The molecule has 0 radical (unpaired) electrons. The van der Waals surface area contributed by atoms with Crippen molar-refractivity contribution in [2.45, 2.75) is 95.4 Å². The van der Waals surface area contributed by atoms with Gasteiger partial charge >= 0.3 is 0 Å². The molecule has 0 aromatic heterocycles. The number of ether oxygens (including phenoxy) is 1. The Hall–Kier alpha value is -4.02. The Morgan fingerprint density at radius 3 is 1.13 bits per heavy atom. The smallest absolute Gasteiger partial charge is 0.139 e. The summed E-state index contributed by atoms with van der Waals surface area (Å²) in [5, 5.41) is 8.31. The molecule has 1 atom stereocenters. The Morgan fingerprint density at radius 1 is 0.377 bits per heavy atom. The molecule has 6 aromatic carbocycles. The standard InChI is InChI=1S/C50H54OP2/c1-29-20-21-42(33(5)22-29)52(47-34(6)23-30(2)24-35(47)7)43-18-14-16-40-45(43)51-46-41(50(40,12)13)17-15-19-44(46)53(48-36(8)25-31(3)26-37(48)9)49-38(10)27-32(4)28-39(49)11/h14-28H,1-13H3. The third kappa shape index (κ3) is 6.49. The van der Waals surface area contributed by atoms with Crippen LogP contribution in [0.25, 0.3) is 0 Å². The summed E-state index contributed by atoms with van der Waals surface area (Å²) in [6.45, 7) is 29.8. The van der Waals surface area contributed by atoms with Crippen LogP contribution in [-0.2, 0) is 5.41 Å². The van der Waals surface area contributed by atoms with E-state index in [0.29, 0.717) is 0 Å². The van der Waals surface area contributed by atoms with Crippen LogP contribution in [0.3, 0.4) is 0 Å². The Bertz CT molecular complexity index is 2300. The van der Waals surface area contributed by atoms with Crippen molar-refractivity contribution in [1.82, 2.24) is 0 Å². The van der Waals surface area contributed by atoms with Gasteiger partial charge in [0.15, 0.2) is 0 Å². The lowest BCUT2D eigenvalue weighted by Gasteiger charge is -2.39. The van der Waals surface area contributed by atoms with Gasteiger partial charge in [0.2, 0.25) is 0 Å². The van der Waals surface area contributed by atoms with Gasteiger partial charge in [0.1, 0.15) is 11.5 Å². The first kappa shape index (κ1) is 37.3. The van der Waals surface area contributed by atoms with Crippen molar-refractivity contribution < 1.29 is 4.74 Å². The number of rotatable bonds is 6. The van der Waals surface area contributed by atoms with Crippen LogP contribution in [0.15, 0.2) is 91.0 Å². The predicted octanol–water partition coefficient (Wildman–Crippen LogP) is 11.0. The first-order valence-corrected chi connectivity index (χ1v) is 21.6. The van der Waals surface area contributed by atoms with Crippen LogP contribution in [0, 0.1) is 76.2 Å². The van der Waals surface area contributed by atoms with E-state index >= 15 is 0 Å². The molecule has 53 heavy (non-hydrogen) atoms. The molecule has 0 spiro atoms. The second kappa shape index (κ2) is 14.0. The van der Waals surface area contributed by atoms with Gasteiger partial charge in [-0.2, -0.15) is 0 Å². The van der Waals surface area contributed by atoms with Gasteiger partial charge in [-0.25, -0.2) is 0 Å². The minimum absolute atomic E-state index is 0.272. The van der Waals surface area contributed by atoms with E-state index in [9.17, 15) is 0 Å². The summed E-state index contributed by atoms with van der Waals surface area (Å²) < 4.78 is 7.63. The maximum atomic E-state index is 7.63. The van der Waals surface area contributed by atoms with Crippen LogP contribution in [-0.4, -0.2) is 0 Å². The van der Waals surface area contributed by atoms with Crippen molar-refractivity contribution in [3.05, 3.63) is 163 Å². The number of hydrogen-bond donors (Lipinski definition) is 0. The van der Waals surface area contributed by atoms with Gasteiger partial charge in [-0.3, -0.25) is 0 Å². The van der Waals surface area contributed by atoms with Crippen molar-refractivity contribution in [2.24, 2.45) is 0 Å². The van der Waals surface area contributed by atoms with Crippen molar-refractivity contribution in [1.29, 1.82) is 0 Å². The average molecular weight is 733 g/mol. The normalized spacial score (nSPS) is 13.8. The van der Waals surface area contributed by atoms with Gasteiger partial charge in [0.05, 0.1) is 0 Å². The number of fused-ring (bicyclic) bond motifs is 2. The first-order chi connectivity index (χ1) is 25.1. The Labute approximate surface area is 321 Å². The van der Waals surface area contributed by atoms with Gasteiger partial charge in [-0.1, -0.05) is 127 Å². The molecular formula is C50H54OP2. The molecule has 0 saturated heterocycles. The summed E-state index contributed by atoms with van der Waals surface area (Å²) in [7, 11) is -1.89. The maximum Gasteiger partial charge on any atom is 0.139 e. The topological polar surface area (TPSA) is 9.23 Å². The van der Waals surface area contributed by atoms with E-state index in [-0.39, 0.29) is 5.41 Å². The molecule has 270 valence electrons. The van der Waals surface area contributed by atoms with Gasteiger partial charge < -0.3 is 4.74 Å². The fourth-order valence-corrected chi connectivity index (χ4v) is 15.0. The number of hydrogen-bond acceptors (Lipinski definition) is 1. The third-order valence-corrected chi connectivity index (χ3v) is 17.3. The Kier molecular flexibility index (Phi) is 9.85. The summed E-state index contributed by atoms with van der Waals surface area (Å²) in [6.07, 6.45) is 0. The highest BCUT2D eigenvalue weighted by molar-refractivity contribution is 7.80. The van der Waals surface area contributed by atoms with E-state index in [2.05, 4.69) is 181 Å². The second-order valence-corrected chi connectivity index (χ2v) is 20.4. The van der Waals surface area contributed by atoms with Crippen molar-refractivity contribution in [2.75, 3.05) is 0 Å². The van der Waals surface area contributed by atoms with Crippen LogP contribution in [0.5, 0.6) is 11.5 Å². The highest BCUT2D eigenvalue weighted by Crippen LogP contribution is 2.53. The van der Waals surface area contributed by atoms with Crippen LogP contribution >= 0.6 is 15.8 Å². The van der Waals surface area contributed by atoms with Gasteiger partial charge in [-0.15, -0.1) is 0 Å². The van der Waals surface area contributed by atoms with Crippen LogP contribution in [0.1, 0.15) is 86.2 Å². The minimum atomic E-state index is -0.955. The molecule has 1 aliphatic heterocycles. The van der Waals surface area contributed by atoms with E-state index in [0.717, 1.165) is 11.5 Å². The fourth-order valence-electron chi connectivity index (χ4n) is 9.20. The molecule has 0 aliphatic carbocycles. The molecule has 0 saturated carbocycles. The molecule has 6 aromatic rings. The van der Waals surface area contributed by atoms with E-state index in [1.807, 2.05) is 0 Å². The quantitative estimate of drug-likeness (QED) is 0.155. The zero-order chi connectivity index (χ0) is 38.1. The summed E-state index contributed by atoms with van der Waals surface area (Å²) in [4.78, 5) is 0. The Balaban J connectivity index is 1.54. The average Bonchev–Trinajstić information content (AvgIpc) is 3.05. The largest absolute Gasteiger partial charge is 0.455 e. The monoisotopic (exact) mass is 732 g/mol. The van der Waals surface area contributed by atoms with Gasteiger partial charge in [0.25, 0.3) is 0 Å². The van der Waals surface area contributed by atoms with Crippen molar-refractivity contribution in [3.63, 3.8) is 0 Å². The number of aryl methyl sites for hydroxylation is 11. The van der Waals surface area contributed by atoms with Crippen molar-refractivity contribution in [3.8, 4) is 11.5 Å². The van der Waals surface area contributed by atoms with Gasteiger partial charge in [0, 0.05) is 27.2 Å². The van der Waals surface area contributed by atoms with Crippen molar-refractivity contribution >= 4 is 47.7 Å². The lowest BCUT2D eigenvalue weighted by molar-refractivity contribution is 0.425. The highest BCUT2D eigenvalue weighted by Gasteiger charge is 2.40. The minimum Gasteiger partial charge on any atom is -0.455 e. The molecule has 0 bridgehead atoms. The van der Waals surface area contributed by atoms with E-state index < -0.39 is 15.8 Å². The van der Waals surface area contributed by atoms with Crippen LogP contribution < -0.4 is 36.6 Å². The molecule has 1 nitrogen and oxygen atoms in total. The highest BCUT2D eigenvalue weighted by atomic mass is 31.1. The molecule has 0 N–H and O–H groups in total. The zero-order valence-electron chi connectivity index (χ0n) is 34.0. The first-order valence-electron chi connectivity index (χ1n) is 18.9. The third-order valence-electron chi connectivity index (χ3n) is 11.2.